The molecule has 0 saturated heterocycles. The van der Waals surface area contributed by atoms with Crippen molar-refractivity contribution in [1.29, 1.82) is 0 Å². The quantitative estimate of drug-likeness (QED) is 0.493. The van der Waals surface area contributed by atoms with E-state index in [1.165, 1.54) is 0 Å². The molecule has 5 nitrogen and oxygen atoms in total. The number of carbonyl (C=O) groups excluding carboxylic acids is 2. The lowest BCUT2D eigenvalue weighted by molar-refractivity contribution is -0.157. The molecule has 0 atom stereocenters. The van der Waals surface area contributed by atoms with Gasteiger partial charge in [-0.3, -0.25) is 0 Å². The lowest BCUT2D eigenvalue weighted by Crippen LogP contribution is -2.23. The molecule has 0 unspecified atom stereocenters. The number of hydrogen-bond acceptors (Lipinski definition) is 5. The summed E-state index contributed by atoms with van der Waals surface area (Å²) >= 11 is 0. The van der Waals surface area contributed by atoms with E-state index in [0.29, 0.717) is 13.2 Å². The minimum Gasteiger partial charge on any atom is -0.464 e. The second-order valence-electron chi connectivity index (χ2n) is 5.29. The van der Waals surface area contributed by atoms with E-state index in [0.717, 1.165) is 12.8 Å². The highest BCUT2D eigenvalue weighted by Crippen LogP contribution is 2.12. The van der Waals surface area contributed by atoms with E-state index in [4.69, 9.17) is 14.2 Å². The number of unbranched alkanes of at least 4 members (excludes halogenated alkanes) is 1. The second kappa shape index (κ2) is 8.91. The average Bonchev–Trinajstić information content (AvgIpc) is 2.26. The summed E-state index contributed by atoms with van der Waals surface area (Å²) in [6, 6.07) is 0. The molecule has 0 radical (unpaired) electrons. The zero-order valence-corrected chi connectivity index (χ0v) is 11.8. The third kappa shape index (κ3) is 11.4. The molecule has 0 bridgehead atoms. The first kappa shape index (κ1) is 16.9. The van der Waals surface area contributed by atoms with Crippen LogP contribution in [-0.2, 0) is 23.8 Å². The Morgan fingerprint density at radius 3 is 2.06 bits per heavy atom. The standard InChI is InChI=1S/C13H24O5/c1-5-6-7-17-11(14)8-16-9-12(15)18-10-13(2,3)4/h5-10H2,1-4H3. The van der Waals surface area contributed by atoms with Gasteiger partial charge in [-0.25, -0.2) is 9.59 Å². The first-order valence-electron chi connectivity index (χ1n) is 6.24. The Bertz CT molecular complexity index is 255. The third-order valence-electron chi connectivity index (χ3n) is 1.87. The predicted molar refractivity (Wildman–Crippen MR) is 67.1 cm³/mol. The molecule has 0 aliphatic rings. The normalized spacial score (nSPS) is 11.1. The molecule has 0 aliphatic carbocycles. The molecule has 0 aliphatic heterocycles. The van der Waals surface area contributed by atoms with Crippen LogP contribution in [0.4, 0.5) is 0 Å². The molecule has 18 heavy (non-hydrogen) atoms. The molecular formula is C13H24O5. The Morgan fingerprint density at radius 2 is 1.56 bits per heavy atom. The Labute approximate surface area is 109 Å². The summed E-state index contributed by atoms with van der Waals surface area (Å²) in [5.41, 5.74) is -0.0747. The number of ether oxygens (including phenoxy) is 3. The molecule has 5 heteroatoms. The molecule has 0 rings (SSSR count). The van der Waals surface area contributed by atoms with Crippen LogP contribution in [-0.4, -0.2) is 38.4 Å². The minimum atomic E-state index is -0.466. The van der Waals surface area contributed by atoms with E-state index in [1.54, 1.807) is 0 Å². The summed E-state index contributed by atoms with van der Waals surface area (Å²) in [5.74, 6) is -0.918. The molecule has 0 N–H and O–H groups in total. The molecule has 0 spiro atoms. The van der Waals surface area contributed by atoms with Crippen LogP contribution in [0.3, 0.4) is 0 Å². The van der Waals surface area contributed by atoms with Crippen molar-refractivity contribution < 1.29 is 23.8 Å². The van der Waals surface area contributed by atoms with Crippen molar-refractivity contribution in [2.75, 3.05) is 26.4 Å². The van der Waals surface area contributed by atoms with Gasteiger partial charge in [-0.05, 0) is 11.8 Å². The van der Waals surface area contributed by atoms with E-state index < -0.39 is 11.9 Å². The SMILES string of the molecule is CCCCOC(=O)COCC(=O)OCC(C)(C)C. The van der Waals surface area contributed by atoms with E-state index >= 15 is 0 Å². The van der Waals surface area contributed by atoms with Gasteiger partial charge in [0, 0.05) is 0 Å². The van der Waals surface area contributed by atoms with E-state index in [-0.39, 0.29) is 18.6 Å². The van der Waals surface area contributed by atoms with E-state index in [2.05, 4.69) is 0 Å². The molecule has 0 heterocycles. The number of rotatable bonds is 8. The fraction of sp³-hybridized carbons (Fsp3) is 0.846. The monoisotopic (exact) mass is 260 g/mol. The van der Waals surface area contributed by atoms with Gasteiger partial charge in [-0.1, -0.05) is 34.1 Å². The maximum absolute atomic E-state index is 11.2. The smallest absolute Gasteiger partial charge is 0.332 e. The fourth-order valence-corrected chi connectivity index (χ4v) is 0.928. The Hall–Kier alpha value is -1.10. The van der Waals surface area contributed by atoms with Gasteiger partial charge < -0.3 is 14.2 Å². The van der Waals surface area contributed by atoms with Crippen LogP contribution >= 0.6 is 0 Å². The van der Waals surface area contributed by atoms with Crippen molar-refractivity contribution >= 4 is 11.9 Å². The summed E-state index contributed by atoms with van der Waals surface area (Å²) in [5, 5.41) is 0. The first-order valence-corrected chi connectivity index (χ1v) is 6.24. The predicted octanol–water partition coefficient (Wildman–Crippen LogP) is 1.94. The first-order chi connectivity index (χ1) is 8.35. The van der Waals surface area contributed by atoms with Gasteiger partial charge in [0.15, 0.2) is 0 Å². The average molecular weight is 260 g/mol. The van der Waals surface area contributed by atoms with E-state index in [9.17, 15) is 9.59 Å². The van der Waals surface area contributed by atoms with Crippen LogP contribution in [0, 0.1) is 5.41 Å². The molecule has 106 valence electrons. The Balaban J connectivity index is 3.53. The fourth-order valence-electron chi connectivity index (χ4n) is 0.928. The summed E-state index contributed by atoms with van der Waals surface area (Å²) in [4.78, 5) is 22.3. The van der Waals surface area contributed by atoms with Crippen LogP contribution in [0.25, 0.3) is 0 Å². The number of carbonyl (C=O) groups is 2. The third-order valence-corrected chi connectivity index (χ3v) is 1.87. The van der Waals surface area contributed by atoms with Gasteiger partial charge >= 0.3 is 11.9 Å². The second-order valence-corrected chi connectivity index (χ2v) is 5.29. The number of esters is 2. The van der Waals surface area contributed by atoms with Crippen molar-refractivity contribution in [3.63, 3.8) is 0 Å². The highest BCUT2D eigenvalue weighted by atomic mass is 16.6. The van der Waals surface area contributed by atoms with Crippen LogP contribution in [0.5, 0.6) is 0 Å². The number of hydrogen-bond donors (Lipinski definition) is 0. The van der Waals surface area contributed by atoms with Gasteiger partial charge in [0.2, 0.25) is 0 Å². The van der Waals surface area contributed by atoms with Crippen molar-refractivity contribution in [1.82, 2.24) is 0 Å². The lowest BCUT2D eigenvalue weighted by atomic mass is 9.99. The maximum Gasteiger partial charge on any atom is 0.332 e. The van der Waals surface area contributed by atoms with Gasteiger partial charge in [-0.2, -0.15) is 0 Å². The van der Waals surface area contributed by atoms with Crippen molar-refractivity contribution in [3.05, 3.63) is 0 Å². The van der Waals surface area contributed by atoms with Crippen LogP contribution in [0.15, 0.2) is 0 Å². The lowest BCUT2D eigenvalue weighted by Gasteiger charge is -2.17. The largest absolute Gasteiger partial charge is 0.464 e. The van der Waals surface area contributed by atoms with Gasteiger partial charge in [0.1, 0.15) is 13.2 Å². The zero-order valence-electron chi connectivity index (χ0n) is 11.8. The van der Waals surface area contributed by atoms with Gasteiger partial charge in [-0.15, -0.1) is 0 Å². The van der Waals surface area contributed by atoms with Crippen LogP contribution in [0.2, 0.25) is 0 Å². The molecule has 0 fully saturated rings. The Morgan fingerprint density at radius 1 is 1.00 bits per heavy atom. The van der Waals surface area contributed by atoms with E-state index in [1.807, 2.05) is 27.7 Å². The van der Waals surface area contributed by atoms with Crippen molar-refractivity contribution in [2.24, 2.45) is 5.41 Å². The summed E-state index contributed by atoms with van der Waals surface area (Å²) in [7, 11) is 0. The van der Waals surface area contributed by atoms with Crippen LogP contribution < -0.4 is 0 Å². The zero-order chi connectivity index (χ0) is 14.0. The van der Waals surface area contributed by atoms with Gasteiger partial charge in [0.05, 0.1) is 13.2 Å². The Kier molecular flexibility index (Phi) is 8.37. The van der Waals surface area contributed by atoms with Crippen molar-refractivity contribution in [3.8, 4) is 0 Å². The molecular weight excluding hydrogens is 236 g/mol. The molecule has 0 aromatic carbocycles. The van der Waals surface area contributed by atoms with Crippen molar-refractivity contribution in [2.45, 2.75) is 40.5 Å². The van der Waals surface area contributed by atoms with Crippen LogP contribution in [0.1, 0.15) is 40.5 Å². The topological polar surface area (TPSA) is 61.8 Å². The molecule has 0 amide bonds. The minimum absolute atomic E-state index is 0.0747. The molecule has 0 aromatic heterocycles. The van der Waals surface area contributed by atoms with Gasteiger partial charge in [0.25, 0.3) is 0 Å². The maximum atomic E-state index is 11.2. The highest BCUT2D eigenvalue weighted by molar-refractivity contribution is 5.73. The molecule has 0 saturated carbocycles. The summed E-state index contributed by atoms with van der Waals surface area (Å²) in [6.45, 7) is 8.19. The molecule has 0 aromatic rings. The summed E-state index contributed by atoms with van der Waals surface area (Å²) < 4.78 is 14.7. The highest BCUT2D eigenvalue weighted by Gasteiger charge is 2.14. The summed E-state index contributed by atoms with van der Waals surface area (Å²) in [6.07, 6.45) is 1.80.